The van der Waals surface area contributed by atoms with E-state index in [4.69, 9.17) is 5.73 Å². The Labute approximate surface area is 88.8 Å². The summed E-state index contributed by atoms with van der Waals surface area (Å²) < 4.78 is 13.5. The van der Waals surface area contributed by atoms with Crippen molar-refractivity contribution in [1.29, 1.82) is 0 Å². The molecule has 0 saturated carbocycles. The van der Waals surface area contributed by atoms with Gasteiger partial charge >= 0.3 is 0 Å². The van der Waals surface area contributed by atoms with Crippen LogP contribution in [0.3, 0.4) is 0 Å². The molecule has 1 aromatic carbocycles. The maximum absolute atomic E-state index is 13.1. The number of benzene rings is 1. The molecule has 3 nitrogen and oxygen atoms in total. The maximum atomic E-state index is 13.1. The van der Waals surface area contributed by atoms with E-state index in [0.29, 0.717) is 16.7 Å². The van der Waals surface area contributed by atoms with Crippen LogP contribution in [0.1, 0.15) is 0 Å². The lowest BCUT2D eigenvalue weighted by Gasteiger charge is -2.36. The molecule has 2 rings (SSSR count). The first-order valence-corrected chi connectivity index (χ1v) is 4.91. The first kappa shape index (κ1) is 9.61. The third kappa shape index (κ3) is 1.42. The lowest BCUT2D eigenvalue weighted by atomic mass is 10.1. The number of hydrogen-bond acceptors (Lipinski definition) is 2. The highest BCUT2D eigenvalue weighted by Crippen LogP contribution is 2.25. The van der Waals surface area contributed by atoms with Gasteiger partial charge in [0, 0.05) is 5.69 Å². The highest BCUT2D eigenvalue weighted by atomic mass is 79.9. The van der Waals surface area contributed by atoms with E-state index in [9.17, 15) is 9.18 Å². The molecule has 2 N–H and O–H groups in total. The molecule has 0 bridgehead atoms. The Morgan fingerprint density at radius 3 is 2.79 bits per heavy atom. The summed E-state index contributed by atoms with van der Waals surface area (Å²) in [4.78, 5) is 12.7. The monoisotopic (exact) mass is 258 g/mol. The van der Waals surface area contributed by atoms with E-state index >= 15 is 0 Å². The molecule has 1 amide bonds. The Morgan fingerprint density at radius 2 is 2.29 bits per heavy atom. The SMILES string of the molecule is NC1CN(c2ccc(Br)c(F)c2)C1=O. The van der Waals surface area contributed by atoms with Gasteiger partial charge in [0.2, 0.25) is 5.91 Å². The van der Waals surface area contributed by atoms with E-state index < -0.39 is 6.04 Å². The molecule has 1 saturated heterocycles. The van der Waals surface area contributed by atoms with E-state index in [2.05, 4.69) is 15.9 Å². The minimum Gasteiger partial charge on any atom is -0.318 e. The molecule has 1 aromatic rings. The Morgan fingerprint density at radius 1 is 1.57 bits per heavy atom. The van der Waals surface area contributed by atoms with Gasteiger partial charge in [-0.05, 0) is 34.1 Å². The van der Waals surface area contributed by atoms with Crippen LogP contribution in [0, 0.1) is 5.82 Å². The minimum atomic E-state index is -0.429. The van der Waals surface area contributed by atoms with E-state index in [0.717, 1.165) is 0 Å². The molecular formula is C9H8BrFN2O. The molecule has 0 spiro atoms. The predicted octanol–water partition coefficient (Wildman–Crippen LogP) is 1.26. The van der Waals surface area contributed by atoms with Gasteiger partial charge in [-0.15, -0.1) is 0 Å². The Kier molecular flexibility index (Phi) is 2.28. The molecule has 0 aliphatic carbocycles. The second kappa shape index (κ2) is 3.33. The molecule has 1 heterocycles. The lowest BCUT2D eigenvalue weighted by Crippen LogP contribution is -2.61. The number of halogens is 2. The number of anilines is 1. The van der Waals surface area contributed by atoms with E-state index in [1.54, 1.807) is 12.1 Å². The summed E-state index contributed by atoms with van der Waals surface area (Å²) in [6.07, 6.45) is 0. The maximum Gasteiger partial charge on any atom is 0.245 e. The summed E-state index contributed by atoms with van der Waals surface area (Å²) in [6, 6.07) is 4.13. The van der Waals surface area contributed by atoms with E-state index in [-0.39, 0.29) is 11.7 Å². The summed E-state index contributed by atoms with van der Waals surface area (Å²) in [5.41, 5.74) is 5.98. The lowest BCUT2D eigenvalue weighted by molar-refractivity contribution is -0.123. The van der Waals surface area contributed by atoms with Crippen LogP contribution in [0.5, 0.6) is 0 Å². The van der Waals surface area contributed by atoms with Crippen LogP contribution in [0.2, 0.25) is 0 Å². The van der Waals surface area contributed by atoms with Crippen molar-refractivity contribution in [2.75, 3.05) is 11.4 Å². The smallest absolute Gasteiger partial charge is 0.245 e. The first-order chi connectivity index (χ1) is 6.59. The van der Waals surface area contributed by atoms with Crippen LogP contribution in [0.4, 0.5) is 10.1 Å². The predicted molar refractivity (Wildman–Crippen MR) is 54.4 cm³/mol. The van der Waals surface area contributed by atoms with Gasteiger partial charge in [-0.1, -0.05) is 0 Å². The number of hydrogen-bond donors (Lipinski definition) is 1. The summed E-state index contributed by atoms with van der Waals surface area (Å²) in [6.45, 7) is 0.458. The van der Waals surface area contributed by atoms with Gasteiger partial charge in [-0.3, -0.25) is 4.79 Å². The van der Waals surface area contributed by atoms with Crippen molar-refractivity contribution in [3.05, 3.63) is 28.5 Å². The van der Waals surface area contributed by atoms with Gasteiger partial charge in [0.15, 0.2) is 0 Å². The Balaban J connectivity index is 2.26. The fraction of sp³-hybridized carbons (Fsp3) is 0.222. The summed E-state index contributed by atoms with van der Waals surface area (Å²) >= 11 is 3.04. The number of amides is 1. The normalized spacial score (nSPS) is 20.9. The van der Waals surface area contributed by atoms with Crippen molar-refractivity contribution >= 4 is 27.5 Å². The third-order valence-electron chi connectivity index (χ3n) is 2.18. The first-order valence-electron chi connectivity index (χ1n) is 4.11. The molecular weight excluding hydrogens is 251 g/mol. The molecule has 1 unspecified atom stereocenters. The molecule has 0 aromatic heterocycles. The average Bonchev–Trinajstić information content (AvgIpc) is 2.18. The van der Waals surface area contributed by atoms with Gasteiger partial charge < -0.3 is 10.6 Å². The van der Waals surface area contributed by atoms with Crippen LogP contribution >= 0.6 is 15.9 Å². The average molecular weight is 259 g/mol. The van der Waals surface area contributed by atoms with Crippen LogP contribution in [-0.2, 0) is 4.79 Å². The molecule has 1 fully saturated rings. The van der Waals surface area contributed by atoms with E-state index in [1.165, 1.54) is 11.0 Å². The quantitative estimate of drug-likeness (QED) is 0.772. The minimum absolute atomic E-state index is 0.160. The van der Waals surface area contributed by atoms with Crippen molar-refractivity contribution in [2.24, 2.45) is 5.73 Å². The molecule has 1 aliphatic heterocycles. The third-order valence-corrected chi connectivity index (χ3v) is 2.82. The van der Waals surface area contributed by atoms with Gasteiger partial charge in [0.1, 0.15) is 11.9 Å². The van der Waals surface area contributed by atoms with Crippen LogP contribution < -0.4 is 10.6 Å². The molecule has 1 aliphatic rings. The standard InChI is InChI=1S/C9H8BrFN2O/c10-6-2-1-5(3-7(6)11)13-4-8(12)9(13)14/h1-3,8H,4,12H2. The molecule has 5 heteroatoms. The van der Waals surface area contributed by atoms with Crippen LogP contribution in [0.15, 0.2) is 22.7 Å². The van der Waals surface area contributed by atoms with Gasteiger partial charge in [-0.2, -0.15) is 0 Å². The molecule has 14 heavy (non-hydrogen) atoms. The highest BCUT2D eigenvalue weighted by molar-refractivity contribution is 9.10. The largest absolute Gasteiger partial charge is 0.318 e. The number of nitrogens with two attached hydrogens (primary N) is 1. The van der Waals surface area contributed by atoms with Crippen molar-refractivity contribution < 1.29 is 9.18 Å². The summed E-state index contributed by atoms with van der Waals surface area (Å²) in [7, 11) is 0. The van der Waals surface area contributed by atoms with Gasteiger partial charge in [-0.25, -0.2) is 4.39 Å². The van der Waals surface area contributed by atoms with E-state index in [1.807, 2.05) is 0 Å². The van der Waals surface area contributed by atoms with Crippen LogP contribution in [0.25, 0.3) is 0 Å². The second-order valence-electron chi connectivity index (χ2n) is 3.15. The zero-order valence-corrected chi connectivity index (χ0v) is 8.79. The second-order valence-corrected chi connectivity index (χ2v) is 4.01. The number of β-lactam (4-membered cyclic amide) rings is 1. The fourth-order valence-corrected chi connectivity index (χ4v) is 1.58. The number of rotatable bonds is 1. The van der Waals surface area contributed by atoms with Gasteiger partial charge in [0.05, 0.1) is 11.0 Å². The van der Waals surface area contributed by atoms with Gasteiger partial charge in [0.25, 0.3) is 0 Å². The summed E-state index contributed by atoms with van der Waals surface area (Å²) in [5.74, 6) is -0.539. The van der Waals surface area contributed by atoms with Crippen LogP contribution in [-0.4, -0.2) is 18.5 Å². The zero-order chi connectivity index (χ0) is 10.3. The van der Waals surface area contributed by atoms with Crippen molar-refractivity contribution in [2.45, 2.75) is 6.04 Å². The van der Waals surface area contributed by atoms with Crippen molar-refractivity contribution in [3.8, 4) is 0 Å². The molecule has 0 radical (unpaired) electrons. The van der Waals surface area contributed by atoms with Crippen molar-refractivity contribution in [3.63, 3.8) is 0 Å². The zero-order valence-electron chi connectivity index (χ0n) is 7.21. The molecule has 1 atom stereocenters. The Hall–Kier alpha value is -0.940. The number of carbonyl (C=O) groups excluding carboxylic acids is 1. The summed E-state index contributed by atoms with van der Waals surface area (Å²) in [5, 5.41) is 0. The number of carbonyl (C=O) groups is 1. The number of nitrogens with zero attached hydrogens (tertiary/aromatic N) is 1. The highest BCUT2D eigenvalue weighted by Gasteiger charge is 2.34. The fourth-order valence-electron chi connectivity index (χ4n) is 1.34. The molecule has 74 valence electrons. The van der Waals surface area contributed by atoms with Crippen molar-refractivity contribution in [1.82, 2.24) is 0 Å². The topological polar surface area (TPSA) is 46.3 Å². The Bertz CT molecular complexity index is 396.